The van der Waals surface area contributed by atoms with Crippen molar-refractivity contribution in [2.24, 2.45) is 0 Å². The van der Waals surface area contributed by atoms with Crippen LogP contribution in [0.4, 0.5) is 14.5 Å². The molecule has 1 amide bonds. The van der Waals surface area contributed by atoms with Gasteiger partial charge in [-0.05, 0) is 50.3 Å². The van der Waals surface area contributed by atoms with Gasteiger partial charge in [0.25, 0.3) is 5.91 Å². The highest BCUT2D eigenvalue weighted by atomic mass is 32.1. The Hall–Kier alpha value is -2.54. The first-order valence-electron chi connectivity index (χ1n) is 7.09. The third kappa shape index (κ3) is 4.99. The van der Waals surface area contributed by atoms with E-state index < -0.39 is 6.61 Å². The average Bonchev–Trinajstić information content (AvgIpc) is 2.47. The number of nitrogens with one attached hydrogen (secondary N) is 2. The van der Waals surface area contributed by atoms with E-state index in [1.165, 1.54) is 12.1 Å². The van der Waals surface area contributed by atoms with Crippen molar-refractivity contribution in [3.63, 3.8) is 0 Å². The number of para-hydroxylation sites is 2. The highest BCUT2D eigenvalue weighted by Crippen LogP contribution is 2.25. The zero-order valence-electron chi connectivity index (χ0n) is 13.1. The van der Waals surface area contributed by atoms with Gasteiger partial charge in [-0.25, -0.2) is 0 Å². The van der Waals surface area contributed by atoms with E-state index in [4.69, 9.17) is 12.2 Å². The van der Waals surface area contributed by atoms with Crippen LogP contribution in [0.1, 0.15) is 21.5 Å². The molecule has 0 saturated heterocycles. The number of rotatable bonds is 4. The van der Waals surface area contributed by atoms with E-state index in [0.717, 1.165) is 11.1 Å². The van der Waals surface area contributed by atoms with Gasteiger partial charge in [-0.15, -0.1) is 0 Å². The Morgan fingerprint density at radius 2 is 1.75 bits per heavy atom. The molecular weight excluding hydrogens is 334 g/mol. The van der Waals surface area contributed by atoms with E-state index in [2.05, 4.69) is 15.4 Å². The topological polar surface area (TPSA) is 50.4 Å². The number of hydrogen-bond donors (Lipinski definition) is 2. The maximum absolute atomic E-state index is 12.4. The fourth-order valence-electron chi connectivity index (χ4n) is 2.20. The summed E-state index contributed by atoms with van der Waals surface area (Å²) in [6, 6.07) is 11.5. The van der Waals surface area contributed by atoms with Crippen molar-refractivity contribution in [3.05, 3.63) is 59.2 Å². The summed E-state index contributed by atoms with van der Waals surface area (Å²) in [6.07, 6.45) is 0. The first-order valence-corrected chi connectivity index (χ1v) is 7.50. The van der Waals surface area contributed by atoms with Gasteiger partial charge in [-0.3, -0.25) is 10.1 Å². The van der Waals surface area contributed by atoms with Gasteiger partial charge in [-0.2, -0.15) is 8.78 Å². The third-order valence-electron chi connectivity index (χ3n) is 3.06. The second-order valence-corrected chi connectivity index (χ2v) is 5.57. The maximum atomic E-state index is 12.4. The lowest BCUT2D eigenvalue weighted by atomic mass is 10.1. The number of alkyl halides is 2. The Balaban J connectivity index is 2.07. The fraction of sp³-hybridized carbons (Fsp3) is 0.176. The molecule has 4 nitrogen and oxygen atoms in total. The van der Waals surface area contributed by atoms with E-state index in [0.29, 0.717) is 5.56 Å². The zero-order valence-corrected chi connectivity index (χ0v) is 13.9. The van der Waals surface area contributed by atoms with E-state index in [-0.39, 0.29) is 22.5 Å². The number of halogens is 2. The summed E-state index contributed by atoms with van der Waals surface area (Å²) >= 11 is 5.07. The Morgan fingerprint density at radius 1 is 1.12 bits per heavy atom. The van der Waals surface area contributed by atoms with Crippen molar-refractivity contribution in [2.75, 3.05) is 5.32 Å². The summed E-state index contributed by atoms with van der Waals surface area (Å²) in [5.41, 5.74) is 2.61. The minimum absolute atomic E-state index is 0.00974. The van der Waals surface area contributed by atoms with Crippen molar-refractivity contribution in [1.29, 1.82) is 0 Å². The minimum atomic E-state index is -2.95. The summed E-state index contributed by atoms with van der Waals surface area (Å²) in [6.45, 7) is 0.822. The highest BCUT2D eigenvalue weighted by Gasteiger charge is 2.12. The first kappa shape index (κ1) is 17.8. The summed E-state index contributed by atoms with van der Waals surface area (Å²) in [5.74, 6) is -0.443. The lowest BCUT2D eigenvalue weighted by Crippen LogP contribution is -2.34. The van der Waals surface area contributed by atoms with E-state index in [1.807, 2.05) is 19.9 Å². The number of anilines is 1. The quantitative estimate of drug-likeness (QED) is 0.818. The molecule has 0 heterocycles. The number of hydrogen-bond acceptors (Lipinski definition) is 3. The molecule has 0 aliphatic carbocycles. The molecule has 0 fully saturated rings. The van der Waals surface area contributed by atoms with Gasteiger partial charge in [0.1, 0.15) is 5.75 Å². The fourth-order valence-corrected chi connectivity index (χ4v) is 2.41. The van der Waals surface area contributed by atoms with Crippen LogP contribution < -0.4 is 15.4 Å². The predicted molar refractivity (Wildman–Crippen MR) is 92.7 cm³/mol. The maximum Gasteiger partial charge on any atom is 0.387 e. The van der Waals surface area contributed by atoms with Crippen LogP contribution in [0.3, 0.4) is 0 Å². The zero-order chi connectivity index (χ0) is 17.7. The van der Waals surface area contributed by atoms with Crippen LogP contribution in [-0.2, 0) is 0 Å². The number of thiocarbonyl (C=S) groups is 1. The van der Waals surface area contributed by atoms with E-state index in [9.17, 15) is 13.6 Å². The summed E-state index contributed by atoms with van der Waals surface area (Å²) in [7, 11) is 0. The van der Waals surface area contributed by atoms with Gasteiger partial charge in [0.05, 0.1) is 5.69 Å². The number of carbonyl (C=O) groups is 1. The largest absolute Gasteiger partial charge is 0.433 e. The molecule has 0 unspecified atom stereocenters. The van der Waals surface area contributed by atoms with Crippen LogP contribution in [0.25, 0.3) is 0 Å². The van der Waals surface area contributed by atoms with Crippen molar-refractivity contribution in [2.45, 2.75) is 20.5 Å². The molecule has 2 N–H and O–H groups in total. The molecule has 0 bridgehead atoms. The normalized spacial score (nSPS) is 10.4. The monoisotopic (exact) mass is 350 g/mol. The Bertz CT molecular complexity index is 746. The van der Waals surface area contributed by atoms with Crippen molar-refractivity contribution in [3.8, 4) is 5.75 Å². The Morgan fingerprint density at radius 3 is 2.38 bits per heavy atom. The van der Waals surface area contributed by atoms with Gasteiger partial charge < -0.3 is 10.1 Å². The van der Waals surface area contributed by atoms with Crippen molar-refractivity contribution >= 4 is 28.9 Å². The molecule has 0 aromatic heterocycles. The molecule has 0 atom stereocenters. The molecule has 2 rings (SSSR count). The van der Waals surface area contributed by atoms with Crippen molar-refractivity contribution < 1.29 is 18.3 Å². The predicted octanol–water partition coefficient (Wildman–Crippen LogP) is 4.03. The lowest BCUT2D eigenvalue weighted by Gasteiger charge is -2.14. The smallest absolute Gasteiger partial charge is 0.387 e. The molecule has 24 heavy (non-hydrogen) atoms. The SMILES string of the molecule is Cc1cc(C)cc(C(=O)NC(=S)Nc2ccccc2OC(F)F)c1. The van der Waals surface area contributed by atoms with Crippen LogP contribution in [0.15, 0.2) is 42.5 Å². The second kappa shape index (κ2) is 7.83. The van der Waals surface area contributed by atoms with Crippen LogP contribution in [0.2, 0.25) is 0 Å². The minimum Gasteiger partial charge on any atom is -0.433 e. The number of aryl methyl sites for hydroxylation is 2. The number of benzene rings is 2. The number of amides is 1. The molecule has 0 aliphatic heterocycles. The molecule has 0 radical (unpaired) electrons. The summed E-state index contributed by atoms with van der Waals surface area (Å²) < 4.78 is 29.2. The highest BCUT2D eigenvalue weighted by molar-refractivity contribution is 7.80. The van der Waals surface area contributed by atoms with Crippen LogP contribution in [0, 0.1) is 13.8 Å². The Kier molecular flexibility index (Phi) is 5.81. The molecule has 2 aromatic rings. The van der Waals surface area contributed by atoms with E-state index >= 15 is 0 Å². The molecule has 126 valence electrons. The number of carbonyl (C=O) groups excluding carboxylic acids is 1. The van der Waals surface area contributed by atoms with Crippen molar-refractivity contribution in [1.82, 2.24) is 5.32 Å². The third-order valence-corrected chi connectivity index (χ3v) is 3.27. The van der Waals surface area contributed by atoms with Gasteiger partial charge >= 0.3 is 6.61 Å². The Labute approximate surface area is 143 Å². The van der Waals surface area contributed by atoms with Gasteiger partial charge in [0.2, 0.25) is 0 Å². The second-order valence-electron chi connectivity index (χ2n) is 5.16. The molecule has 7 heteroatoms. The number of ether oxygens (including phenoxy) is 1. The lowest BCUT2D eigenvalue weighted by molar-refractivity contribution is -0.0493. The van der Waals surface area contributed by atoms with Crippen LogP contribution in [-0.4, -0.2) is 17.6 Å². The molecular formula is C17H16F2N2O2S. The van der Waals surface area contributed by atoms with Crippen LogP contribution in [0.5, 0.6) is 5.75 Å². The van der Waals surface area contributed by atoms with Gasteiger partial charge in [0.15, 0.2) is 5.11 Å². The molecule has 0 saturated carbocycles. The molecule has 2 aromatic carbocycles. The summed E-state index contributed by atoms with van der Waals surface area (Å²) in [5, 5.41) is 5.20. The van der Waals surface area contributed by atoms with Crippen LogP contribution >= 0.6 is 12.2 Å². The van der Waals surface area contributed by atoms with Gasteiger partial charge in [0, 0.05) is 5.56 Å². The summed E-state index contributed by atoms with van der Waals surface area (Å²) in [4.78, 5) is 12.2. The standard InChI is InChI=1S/C17H16F2N2O2S/c1-10-7-11(2)9-12(8-10)15(22)21-17(24)20-13-5-3-4-6-14(13)23-16(18)19/h3-9,16H,1-2H3,(H2,20,21,22,24). The molecule has 0 aliphatic rings. The molecule has 0 spiro atoms. The van der Waals surface area contributed by atoms with Gasteiger partial charge in [-0.1, -0.05) is 29.3 Å². The van der Waals surface area contributed by atoms with E-state index in [1.54, 1.807) is 24.3 Å². The first-order chi connectivity index (χ1) is 11.3. The average molecular weight is 350 g/mol.